The Bertz CT molecular complexity index is 356. The Labute approximate surface area is 109 Å². The fourth-order valence-electron chi connectivity index (χ4n) is 2.36. The molecule has 0 saturated carbocycles. The molecule has 2 rings (SSSR count). The number of nitrogens with zero attached hydrogens (tertiary/aromatic N) is 4. The summed E-state index contributed by atoms with van der Waals surface area (Å²) in [6.45, 7) is 3.94. The fraction of sp³-hybridized carbons (Fsp3) is 0.692. The van der Waals surface area contributed by atoms with Gasteiger partial charge in [0.1, 0.15) is 0 Å². The molecule has 1 aromatic heterocycles. The van der Waals surface area contributed by atoms with E-state index in [1.165, 1.54) is 25.9 Å². The third-order valence-electron chi connectivity index (χ3n) is 3.64. The van der Waals surface area contributed by atoms with E-state index < -0.39 is 0 Å². The molecule has 0 bridgehead atoms. The summed E-state index contributed by atoms with van der Waals surface area (Å²) in [5.41, 5.74) is 6.52. The smallest absolute Gasteiger partial charge is 0.225 e. The number of anilines is 1. The van der Waals surface area contributed by atoms with Gasteiger partial charge in [0.25, 0.3) is 0 Å². The third-order valence-corrected chi connectivity index (χ3v) is 3.64. The Morgan fingerprint density at radius 2 is 1.94 bits per heavy atom. The van der Waals surface area contributed by atoms with Crippen LogP contribution in [0.1, 0.15) is 18.4 Å². The van der Waals surface area contributed by atoms with Gasteiger partial charge in [-0.2, -0.15) is 0 Å². The van der Waals surface area contributed by atoms with Crippen molar-refractivity contribution in [1.29, 1.82) is 0 Å². The summed E-state index contributed by atoms with van der Waals surface area (Å²) in [6.07, 6.45) is 6.16. The molecule has 1 saturated heterocycles. The second-order valence-electron chi connectivity index (χ2n) is 5.22. The van der Waals surface area contributed by atoms with Gasteiger partial charge in [-0.15, -0.1) is 0 Å². The molecule has 1 aliphatic heterocycles. The molecule has 0 aromatic carbocycles. The summed E-state index contributed by atoms with van der Waals surface area (Å²) in [5, 5.41) is 0. The van der Waals surface area contributed by atoms with Gasteiger partial charge < -0.3 is 15.5 Å². The summed E-state index contributed by atoms with van der Waals surface area (Å²) >= 11 is 0. The number of aromatic nitrogens is 2. The molecule has 0 atom stereocenters. The van der Waals surface area contributed by atoms with Crippen molar-refractivity contribution in [1.82, 2.24) is 14.9 Å². The van der Waals surface area contributed by atoms with Gasteiger partial charge in [0.05, 0.1) is 0 Å². The number of rotatable bonds is 4. The highest BCUT2D eigenvalue weighted by Gasteiger charge is 2.18. The van der Waals surface area contributed by atoms with Gasteiger partial charge in [-0.3, -0.25) is 0 Å². The van der Waals surface area contributed by atoms with Crippen molar-refractivity contribution in [2.75, 3.05) is 38.6 Å². The monoisotopic (exact) mass is 249 g/mol. The third kappa shape index (κ3) is 3.40. The second-order valence-corrected chi connectivity index (χ2v) is 5.22. The predicted molar refractivity (Wildman–Crippen MR) is 73.4 cm³/mol. The first-order valence-corrected chi connectivity index (χ1v) is 6.59. The zero-order chi connectivity index (χ0) is 13.0. The SMILES string of the molecule is CN1CCC(CN(C)c2ncc(CN)cn2)CC1. The molecule has 100 valence electrons. The summed E-state index contributed by atoms with van der Waals surface area (Å²) in [6, 6.07) is 0. The molecule has 5 heteroatoms. The van der Waals surface area contributed by atoms with Crippen LogP contribution < -0.4 is 10.6 Å². The Morgan fingerprint density at radius 1 is 1.33 bits per heavy atom. The van der Waals surface area contributed by atoms with Crippen molar-refractivity contribution >= 4 is 5.95 Å². The van der Waals surface area contributed by atoms with Gasteiger partial charge in [0.2, 0.25) is 5.95 Å². The molecular weight excluding hydrogens is 226 g/mol. The topological polar surface area (TPSA) is 58.3 Å². The Kier molecular flexibility index (Phi) is 4.49. The molecule has 0 spiro atoms. The minimum Gasteiger partial charge on any atom is -0.344 e. The molecule has 1 fully saturated rings. The van der Waals surface area contributed by atoms with E-state index in [-0.39, 0.29) is 0 Å². The van der Waals surface area contributed by atoms with Crippen LogP contribution in [-0.4, -0.2) is 48.6 Å². The van der Waals surface area contributed by atoms with Gasteiger partial charge in [0.15, 0.2) is 0 Å². The number of hydrogen-bond acceptors (Lipinski definition) is 5. The summed E-state index contributed by atoms with van der Waals surface area (Å²) in [4.78, 5) is 13.2. The second kappa shape index (κ2) is 6.11. The standard InChI is InChI=1S/C13H23N5/c1-17-5-3-11(4-6-17)10-18(2)13-15-8-12(7-14)9-16-13/h8-9,11H,3-7,10,14H2,1-2H3. The van der Waals surface area contributed by atoms with Crippen molar-refractivity contribution in [3.8, 4) is 0 Å². The predicted octanol–water partition coefficient (Wildman–Crippen LogP) is 0.713. The van der Waals surface area contributed by atoms with Gasteiger partial charge in [-0.05, 0) is 38.9 Å². The van der Waals surface area contributed by atoms with Crippen LogP contribution in [0.4, 0.5) is 5.95 Å². The lowest BCUT2D eigenvalue weighted by Crippen LogP contribution is -2.36. The molecule has 0 aliphatic carbocycles. The lowest BCUT2D eigenvalue weighted by atomic mass is 9.97. The first-order valence-electron chi connectivity index (χ1n) is 6.59. The molecule has 1 aromatic rings. The van der Waals surface area contributed by atoms with Crippen LogP contribution in [0.2, 0.25) is 0 Å². The van der Waals surface area contributed by atoms with Crippen molar-refractivity contribution in [3.05, 3.63) is 18.0 Å². The van der Waals surface area contributed by atoms with Crippen LogP contribution in [-0.2, 0) is 6.54 Å². The Morgan fingerprint density at radius 3 is 2.50 bits per heavy atom. The summed E-state index contributed by atoms with van der Waals surface area (Å²) < 4.78 is 0. The van der Waals surface area contributed by atoms with Gasteiger partial charge in [-0.25, -0.2) is 9.97 Å². The zero-order valence-corrected chi connectivity index (χ0v) is 11.3. The van der Waals surface area contributed by atoms with Gasteiger partial charge in [-0.1, -0.05) is 0 Å². The largest absolute Gasteiger partial charge is 0.344 e. The van der Waals surface area contributed by atoms with Crippen molar-refractivity contribution in [2.45, 2.75) is 19.4 Å². The number of hydrogen-bond donors (Lipinski definition) is 1. The van der Waals surface area contributed by atoms with Crippen LogP contribution in [0, 0.1) is 5.92 Å². The molecule has 1 aliphatic rings. The van der Waals surface area contributed by atoms with Crippen LogP contribution in [0.3, 0.4) is 0 Å². The molecule has 2 heterocycles. The molecule has 0 amide bonds. The normalized spacial score (nSPS) is 17.9. The van der Waals surface area contributed by atoms with Crippen molar-refractivity contribution < 1.29 is 0 Å². The van der Waals surface area contributed by atoms with Gasteiger partial charge >= 0.3 is 0 Å². The van der Waals surface area contributed by atoms with E-state index >= 15 is 0 Å². The lowest BCUT2D eigenvalue weighted by molar-refractivity contribution is 0.222. The fourth-order valence-corrected chi connectivity index (χ4v) is 2.36. The summed E-state index contributed by atoms with van der Waals surface area (Å²) in [7, 11) is 4.25. The minimum atomic E-state index is 0.499. The van der Waals surface area contributed by atoms with Crippen molar-refractivity contribution in [2.24, 2.45) is 11.7 Å². The maximum absolute atomic E-state index is 5.54. The van der Waals surface area contributed by atoms with E-state index in [2.05, 4.69) is 33.9 Å². The first kappa shape index (κ1) is 13.2. The van der Waals surface area contributed by atoms with E-state index in [0.717, 1.165) is 24.0 Å². The Balaban J connectivity index is 1.88. The van der Waals surface area contributed by atoms with Crippen LogP contribution in [0.15, 0.2) is 12.4 Å². The van der Waals surface area contributed by atoms with Crippen LogP contribution in [0.25, 0.3) is 0 Å². The van der Waals surface area contributed by atoms with E-state index in [1.54, 1.807) is 0 Å². The molecule has 5 nitrogen and oxygen atoms in total. The average Bonchev–Trinajstić information content (AvgIpc) is 2.41. The molecule has 18 heavy (non-hydrogen) atoms. The molecule has 0 unspecified atom stereocenters. The van der Waals surface area contributed by atoms with Crippen LogP contribution >= 0.6 is 0 Å². The minimum absolute atomic E-state index is 0.499. The van der Waals surface area contributed by atoms with E-state index in [0.29, 0.717) is 6.54 Å². The highest BCUT2D eigenvalue weighted by atomic mass is 15.2. The van der Waals surface area contributed by atoms with Crippen molar-refractivity contribution in [3.63, 3.8) is 0 Å². The van der Waals surface area contributed by atoms with E-state index in [9.17, 15) is 0 Å². The maximum Gasteiger partial charge on any atom is 0.225 e. The molecule has 0 radical (unpaired) electrons. The molecule has 2 N–H and O–H groups in total. The first-order chi connectivity index (χ1) is 8.69. The highest BCUT2D eigenvalue weighted by Crippen LogP contribution is 2.18. The number of piperidine rings is 1. The van der Waals surface area contributed by atoms with Gasteiger partial charge in [0, 0.05) is 38.1 Å². The lowest BCUT2D eigenvalue weighted by Gasteiger charge is -2.31. The van der Waals surface area contributed by atoms with Crippen LogP contribution in [0.5, 0.6) is 0 Å². The average molecular weight is 249 g/mol. The molecular formula is C13H23N5. The van der Waals surface area contributed by atoms with E-state index in [1.807, 2.05) is 12.4 Å². The quantitative estimate of drug-likeness (QED) is 0.852. The Hall–Kier alpha value is -1.20. The summed E-state index contributed by atoms with van der Waals surface area (Å²) in [5.74, 6) is 1.55. The maximum atomic E-state index is 5.54. The number of nitrogens with two attached hydrogens (primary N) is 1. The number of likely N-dealkylation sites (tertiary alicyclic amines) is 1. The zero-order valence-electron chi connectivity index (χ0n) is 11.3. The highest BCUT2D eigenvalue weighted by molar-refractivity contribution is 5.28. The van der Waals surface area contributed by atoms with E-state index in [4.69, 9.17) is 5.73 Å².